The van der Waals surface area contributed by atoms with Gasteiger partial charge in [-0.2, -0.15) is 10.4 Å². The lowest BCUT2D eigenvalue weighted by Crippen LogP contribution is -2.09. The second kappa shape index (κ2) is 4.09. The first kappa shape index (κ1) is 11.2. The summed E-state index contributed by atoms with van der Waals surface area (Å²) in [6, 6.07) is 2.07. The highest BCUT2D eigenvalue weighted by Gasteiger charge is 2.22. The fourth-order valence-electron chi connectivity index (χ4n) is 1.43. The number of nitriles is 1. The minimum Gasteiger partial charge on any atom is -0.261 e. The van der Waals surface area contributed by atoms with E-state index < -0.39 is 4.92 Å². The maximum absolute atomic E-state index is 10.7. The van der Waals surface area contributed by atoms with Gasteiger partial charge in [0.25, 0.3) is 0 Å². The molecule has 0 saturated heterocycles. The molecule has 0 saturated carbocycles. The molecule has 0 aromatic carbocycles. The highest BCUT2D eigenvalue weighted by Crippen LogP contribution is 2.22. The molecule has 0 unspecified atom stereocenters. The molecular weight excluding hydrogens is 196 g/mol. The average molecular weight is 208 g/mol. The Morgan fingerprint density at radius 1 is 1.67 bits per heavy atom. The van der Waals surface area contributed by atoms with E-state index in [0.717, 1.165) is 0 Å². The predicted octanol–water partition coefficient (Wildman–Crippen LogP) is 1.57. The summed E-state index contributed by atoms with van der Waals surface area (Å²) in [5.41, 5.74) is 0.933. The number of nitro groups is 1. The number of hydrogen-bond acceptors (Lipinski definition) is 4. The summed E-state index contributed by atoms with van der Waals surface area (Å²) in [4.78, 5) is 10.3. The number of aryl methyl sites for hydroxylation is 1. The molecule has 0 aliphatic carbocycles. The van der Waals surface area contributed by atoms with E-state index in [1.54, 1.807) is 20.8 Å². The van der Waals surface area contributed by atoms with Crippen LogP contribution < -0.4 is 0 Å². The van der Waals surface area contributed by atoms with Gasteiger partial charge in [0.1, 0.15) is 11.4 Å². The zero-order valence-corrected chi connectivity index (χ0v) is 8.89. The Bertz CT molecular complexity index is 430. The van der Waals surface area contributed by atoms with E-state index in [1.807, 2.05) is 0 Å². The van der Waals surface area contributed by atoms with Crippen molar-refractivity contribution in [3.05, 3.63) is 21.5 Å². The van der Waals surface area contributed by atoms with Crippen LogP contribution in [-0.4, -0.2) is 14.7 Å². The third-order valence-electron chi connectivity index (χ3n) is 2.19. The molecule has 0 N–H and O–H groups in total. The van der Waals surface area contributed by atoms with E-state index in [1.165, 1.54) is 4.68 Å². The van der Waals surface area contributed by atoms with Crippen molar-refractivity contribution in [1.29, 1.82) is 5.26 Å². The van der Waals surface area contributed by atoms with Crippen molar-refractivity contribution in [2.75, 3.05) is 0 Å². The van der Waals surface area contributed by atoms with E-state index in [-0.39, 0.29) is 11.6 Å². The highest BCUT2D eigenvalue weighted by atomic mass is 16.6. The molecule has 1 heterocycles. The molecule has 0 fully saturated rings. The minimum absolute atomic E-state index is 0.0418. The normalized spacial score (nSPS) is 12.1. The standard InChI is InChI=1S/C9H12N4O2/c1-6(4-10)5-12-8(3)9(13(14)15)7(2)11-12/h6H,5H2,1-3H3/t6-/m0/s1. The van der Waals surface area contributed by atoms with Crippen molar-refractivity contribution in [2.45, 2.75) is 27.3 Å². The van der Waals surface area contributed by atoms with Gasteiger partial charge in [0.15, 0.2) is 0 Å². The molecule has 0 radical (unpaired) electrons. The zero-order valence-electron chi connectivity index (χ0n) is 8.89. The summed E-state index contributed by atoms with van der Waals surface area (Å²) >= 11 is 0. The van der Waals surface area contributed by atoms with Gasteiger partial charge in [0.2, 0.25) is 0 Å². The van der Waals surface area contributed by atoms with Crippen molar-refractivity contribution < 1.29 is 4.92 Å². The van der Waals surface area contributed by atoms with Gasteiger partial charge >= 0.3 is 5.69 Å². The van der Waals surface area contributed by atoms with Crippen LogP contribution >= 0.6 is 0 Å². The molecule has 1 aromatic rings. The van der Waals surface area contributed by atoms with E-state index in [0.29, 0.717) is 17.9 Å². The van der Waals surface area contributed by atoms with Gasteiger partial charge in [-0.05, 0) is 20.8 Å². The maximum Gasteiger partial charge on any atom is 0.312 e. The maximum atomic E-state index is 10.7. The van der Waals surface area contributed by atoms with Crippen LogP contribution in [0.3, 0.4) is 0 Å². The number of rotatable bonds is 3. The Morgan fingerprint density at radius 3 is 2.67 bits per heavy atom. The van der Waals surface area contributed by atoms with Gasteiger partial charge < -0.3 is 0 Å². The van der Waals surface area contributed by atoms with Crippen LogP contribution in [0.25, 0.3) is 0 Å². The van der Waals surface area contributed by atoms with E-state index >= 15 is 0 Å². The molecule has 0 amide bonds. The largest absolute Gasteiger partial charge is 0.312 e. The molecular formula is C9H12N4O2. The molecule has 0 spiro atoms. The molecule has 1 aromatic heterocycles. The van der Waals surface area contributed by atoms with Crippen molar-refractivity contribution >= 4 is 5.69 Å². The third-order valence-corrected chi connectivity index (χ3v) is 2.19. The summed E-state index contributed by atoms with van der Waals surface area (Å²) in [7, 11) is 0. The number of hydrogen-bond donors (Lipinski definition) is 0. The van der Waals surface area contributed by atoms with Gasteiger partial charge in [-0.25, -0.2) is 0 Å². The Morgan fingerprint density at radius 2 is 2.27 bits per heavy atom. The van der Waals surface area contributed by atoms with E-state index in [9.17, 15) is 10.1 Å². The first-order chi connectivity index (χ1) is 6.97. The third kappa shape index (κ3) is 2.13. The van der Waals surface area contributed by atoms with Crippen LogP contribution in [0.15, 0.2) is 0 Å². The van der Waals surface area contributed by atoms with Gasteiger partial charge in [-0.15, -0.1) is 0 Å². The SMILES string of the molecule is Cc1nn(C[C@@H](C)C#N)c(C)c1[N+](=O)[O-]. The molecule has 1 atom stereocenters. The summed E-state index contributed by atoms with van der Waals surface area (Å²) in [6.07, 6.45) is 0. The van der Waals surface area contributed by atoms with Gasteiger partial charge in [0.05, 0.1) is 23.5 Å². The summed E-state index contributed by atoms with van der Waals surface area (Å²) < 4.78 is 1.52. The molecule has 0 bridgehead atoms. The summed E-state index contributed by atoms with van der Waals surface area (Å²) in [5, 5.41) is 23.4. The Labute approximate surface area is 87.3 Å². The molecule has 0 aliphatic rings. The lowest BCUT2D eigenvalue weighted by molar-refractivity contribution is -0.386. The predicted molar refractivity (Wildman–Crippen MR) is 53.1 cm³/mol. The van der Waals surface area contributed by atoms with Gasteiger partial charge in [-0.1, -0.05) is 0 Å². The van der Waals surface area contributed by atoms with Crippen LogP contribution in [0.5, 0.6) is 0 Å². The Hall–Kier alpha value is -1.90. The average Bonchev–Trinajstić information content (AvgIpc) is 2.41. The zero-order chi connectivity index (χ0) is 11.6. The van der Waals surface area contributed by atoms with Gasteiger partial charge in [-0.3, -0.25) is 14.8 Å². The quantitative estimate of drug-likeness (QED) is 0.557. The molecule has 6 heteroatoms. The van der Waals surface area contributed by atoms with Crippen molar-refractivity contribution in [3.63, 3.8) is 0 Å². The first-order valence-corrected chi connectivity index (χ1v) is 4.55. The number of aromatic nitrogens is 2. The Balaban J connectivity index is 3.08. The van der Waals surface area contributed by atoms with E-state index in [2.05, 4.69) is 11.2 Å². The second-order valence-corrected chi connectivity index (χ2v) is 3.49. The van der Waals surface area contributed by atoms with Crippen LogP contribution in [0.4, 0.5) is 5.69 Å². The van der Waals surface area contributed by atoms with Crippen LogP contribution in [0.2, 0.25) is 0 Å². The smallest absolute Gasteiger partial charge is 0.261 e. The van der Waals surface area contributed by atoms with Crippen LogP contribution in [0, 0.1) is 41.2 Å². The van der Waals surface area contributed by atoms with E-state index in [4.69, 9.17) is 5.26 Å². The number of nitrogens with zero attached hydrogens (tertiary/aromatic N) is 4. The fraction of sp³-hybridized carbons (Fsp3) is 0.556. The Kier molecular flexibility index (Phi) is 3.04. The summed E-state index contributed by atoms with van der Waals surface area (Å²) in [6.45, 7) is 5.38. The monoisotopic (exact) mass is 208 g/mol. The molecule has 80 valence electrons. The second-order valence-electron chi connectivity index (χ2n) is 3.49. The van der Waals surface area contributed by atoms with Crippen molar-refractivity contribution in [2.24, 2.45) is 5.92 Å². The molecule has 0 aliphatic heterocycles. The molecule has 15 heavy (non-hydrogen) atoms. The highest BCUT2D eigenvalue weighted by molar-refractivity contribution is 5.39. The first-order valence-electron chi connectivity index (χ1n) is 4.55. The lowest BCUT2D eigenvalue weighted by atomic mass is 10.2. The topological polar surface area (TPSA) is 84.8 Å². The van der Waals surface area contributed by atoms with Crippen molar-refractivity contribution in [3.8, 4) is 6.07 Å². The fourth-order valence-corrected chi connectivity index (χ4v) is 1.43. The van der Waals surface area contributed by atoms with Crippen molar-refractivity contribution in [1.82, 2.24) is 9.78 Å². The summed E-state index contributed by atoms with van der Waals surface area (Å²) in [5.74, 6) is -0.206. The molecule has 6 nitrogen and oxygen atoms in total. The van der Waals surface area contributed by atoms with Crippen LogP contribution in [0.1, 0.15) is 18.3 Å². The lowest BCUT2D eigenvalue weighted by Gasteiger charge is -2.03. The van der Waals surface area contributed by atoms with Gasteiger partial charge in [0, 0.05) is 0 Å². The van der Waals surface area contributed by atoms with Crippen LogP contribution in [-0.2, 0) is 6.54 Å². The minimum atomic E-state index is -0.439. The molecule has 1 rings (SSSR count).